The summed E-state index contributed by atoms with van der Waals surface area (Å²) in [4.78, 5) is 0. The second-order valence-electron chi connectivity index (χ2n) is 12.2. The lowest BCUT2D eigenvalue weighted by atomic mass is 9.92. The molecule has 2 nitrogen and oxygen atoms in total. The maximum atomic E-state index is 3.80. The highest BCUT2D eigenvalue weighted by molar-refractivity contribution is 6.10. The van der Waals surface area contributed by atoms with Gasteiger partial charge in [0.2, 0.25) is 0 Å². The molecular formula is C46H32N2. The molecular weight excluding hydrogens is 581 g/mol. The Morgan fingerprint density at radius 2 is 0.854 bits per heavy atom. The molecule has 0 unspecified atom stereocenters. The van der Waals surface area contributed by atoms with E-state index in [0.29, 0.717) is 0 Å². The SMILES string of the molecule is c1ccc(-c2ccc(-c3cccc(Nc4ccccc4-c4ccccc4-n4c5ccccc5c5ccccc54)c3)c3ccccc23)cc1. The highest BCUT2D eigenvalue weighted by Gasteiger charge is 2.17. The fourth-order valence-corrected chi connectivity index (χ4v) is 7.25. The quantitative estimate of drug-likeness (QED) is 0.198. The van der Waals surface area contributed by atoms with E-state index < -0.39 is 0 Å². The molecule has 0 spiro atoms. The van der Waals surface area contributed by atoms with Crippen molar-refractivity contribution in [3.05, 3.63) is 188 Å². The van der Waals surface area contributed by atoms with Gasteiger partial charge in [-0.05, 0) is 69.4 Å². The first-order valence-electron chi connectivity index (χ1n) is 16.5. The highest BCUT2D eigenvalue weighted by Crippen LogP contribution is 2.40. The number of para-hydroxylation sites is 4. The zero-order valence-electron chi connectivity index (χ0n) is 26.3. The normalized spacial score (nSPS) is 11.3. The first kappa shape index (κ1) is 27.9. The standard InChI is InChI=1S/C46H32N2/c1-2-15-32(16-3-1)35-29-30-36(38-20-5-4-19-37(35)38)33-17-14-18-34(31-33)47-43-25-10-6-21-39(43)40-22-7-11-26-44(40)48-45-27-12-8-23-41(45)42-24-9-13-28-46(42)48/h1-31,47H. The zero-order chi connectivity index (χ0) is 31.9. The molecule has 0 aliphatic carbocycles. The van der Waals surface area contributed by atoms with E-state index in [1.165, 1.54) is 60.4 Å². The van der Waals surface area contributed by atoms with Crippen molar-refractivity contribution in [1.82, 2.24) is 4.57 Å². The summed E-state index contributed by atoms with van der Waals surface area (Å²) in [6.45, 7) is 0. The third kappa shape index (κ3) is 4.74. The van der Waals surface area contributed by atoms with E-state index in [9.17, 15) is 0 Å². The van der Waals surface area contributed by atoms with Gasteiger partial charge in [0.1, 0.15) is 0 Å². The Bertz CT molecular complexity index is 2540. The molecule has 226 valence electrons. The lowest BCUT2D eigenvalue weighted by Crippen LogP contribution is -1.99. The predicted molar refractivity (Wildman–Crippen MR) is 204 cm³/mol. The van der Waals surface area contributed by atoms with Gasteiger partial charge in [0, 0.05) is 33.3 Å². The molecule has 0 saturated carbocycles. The monoisotopic (exact) mass is 612 g/mol. The van der Waals surface area contributed by atoms with E-state index in [1.807, 2.05) is 0 Å². The Labute approximate surface area is 280 Å². The van der Waals surface area contributed by atoms with E-state index in [1.54, 1.807) is 0 Å². The Hall–Kier alpha value is -6.38. The summed E-state index contributed by atoms with van der Waals surface area (Å²) in [5, 5.41) is 8.83. The average Bonchev–Trinajstić information content (AvgIpc) is 3.49. The molecule has 0 aliphatic heterocycles. The molecule has 1 N–H and O–H groups in total. The smallest absolute Gasteiger partial charge is 0.0541 e. The summed E-state index contributed by atoms with van der Waals surface area (Å²) < 4.78 is 2.40. The number of rotatable bonds is 6. The van der Waals surface area contributed by atoms with Gasteiger partial charge in [0.05, 0.1) is 16.7 Å². The molecule has 0 aliphatic rings. The molecule has 1 heterocycles. The lowest BCUT2D eigenvalue weighted by Gasteiger charge is -2.18. The van der Waals surface area contributed by atoms with Crippen molar-refractivity contribution in [2.75, 3.05) is 5.32 Å². The van der Waals surface area contributed by atoms with E-state index in [-0.39, 0.29) is 0 Å². The van der Waals surface area contributed by atoms with Crippen molar-refractivity contribution >= 4 is 44.0 Å². The molecule has 0 atom stereocenters. The molecule has 9 aromatic rings. The highest BCUT2D eigenvalue weighted by atomic mass is 15.0. The van der Waals surface area contributed by atoms with Gasteiger partial charge in [-0.25, -0.2) is 0 Å². The van der Waals surface area contributed by atoms with Crippen LogP contribution >= 0.6 is 0 Å². The minimum Gasteiger partial charge on any atom is -0.355 e. The lowest BCUT2D eigenvalue weighted by molar-refractivity contribution is 1.18. The summed E-state index contributed by atoms with van der Waals surface area (Å²) >= 11 is 0. The number of aromatic nitrogens is 1. The second kappa shape index (κ2) is 11.8. The number of anilines is 2. The summed E-state index contributed by atoms with van der Waals surface area (Å²) in [6.07, 6.45) is 0. The van der Waals surface area contributed by atoms with Crippen LogP contribution < -0.4 is 5.32 Å². The van der Waals surface area contributed by atoms with Gasteiger partial charge in [-0.15, -0.1) is 0 Å². The Balaban J connectivity index is 1.13. The minimum atomic E-state index is 1.05. The third-order valence-corrected chi connectivity index (χ3v) is 9.40. The number of benzene rings is 8. The first-order valence-corrected chi connectivity index (χ1v) is 16.5. The molecule has 0 saturated heterocycles. The molecule has 0 fully saturated rings. The van der Waals surface area contributed by atoms with Crippen LogP contribution in [0.3, 0.4) is 0 Å². The topological polar surface area (TPSA) is 17.0 Å². The van der Waals surface area contributed by atoms with Gasteiger partial charge >= 0.3 is 0 Å². The summed E-state index contributed by atoms with van der Waals surface area (Å²) in [5.41, 5.74) is 12.9. The van der Waals surface area contributed by atoms with E-state index >= 15 is 0 Å². The molecule has 0 amide bonds. The number of hydrogen-bond donors (Lipinski definition) is 1. The average molecular weight is 613 g/mol. The number of nitrogens with one attached hydrogen (secondary N) is 1. The molecule has 2 heteroatoms. The molecule has 48 heavy (non-hydrogen) atoms. The molecule has 8 aromatic carbocycles. The zero-order valence-corrected chi connectivity index (χ0v) is 26.3. The van der Waals surface area contributed by atoms with Crippen LogP contribution in [0.1, 0.15) is 0 Å². The van der Waals surface area contributed by atoms with E-state index in [0.717, 1.165) is 22.6 Å². The van der Waals surface area contributed by atoms with Crippen LogP contribution in [0, 0.1) is 0 Å². The Morgan fingerprint density at radius 1 is 0.333 bits per heavy atom. The Morgan fingerprint density at radius 3 is 1.56 bits per heavy atom. The molecule has 0 bridgehead atoms. The van der Waals surface area contributed by atoms with Crippen LogP contribution in [0.25, 0.3) is 71.6 Å². The van der Waals surface area contributed by atoms with Crippen molar-refractivity contribution in [2.24, 2.45) is 0 Å². The van der Waals surface area contributed by atoms with Crippen molar-refractivity contribution in [2.45, 2.75) is 0 Å². The van der Waals surface area contributed by atoms with Crippen LogP contribution in [0.15, 0.2) is 188 Å². The van der Waals surface area contributed by atoms with Gasteiger partial charge in [0.15, 0.2) is 0 Å². The summed E-state index contributed by atoms with van der Waals surface area (Å²) in [7, 11) is 0. The van der Waals surface area contributed by atoms with E-state index in [2.05, 4.69) is 198 Å². The molecule has 9 rings (SSSR count). The van der Waals surface area contributed by atoms with Crippen LogP contribution in [0.2, 0.25) is 0 Å². The van der Waals surface area contributed by atoms with Crippen molar-refractivity contribution in [3.63, 3.8) is 0 Å². The van der Waals surface area contributed by atoms with Gasteiger partial charge in [0.25, 0.3) is 0 Å². The van der Waals surface area contributed by atoms with Crippen LogP contribution in [-0.2, 0) is 0 Å². The van der Waals surface area contributed by atoms with Gasteiger partial charge in [-0.3, -0.25) is 0 Å². The fourth-order valence-electron chi connectivity index (χ4n) is 7.25. The minimum absolute atomic E-state index is 1.05. The predicted octanol–water partition coefficient (Wildman–Crippen LogP) is 12.7. The van der Waals surface area contributed by atoms with Crippen molar-refractivity contribution in [3.8, 4) is 39.1 Å². The van der Waals surface area contributed by atoms with E-state index in [4.69, 9.17) is 0 Å². The van der Waals surface area contributed by atoms with Gasteiger partial charge < -0.3 is 9.88 Å². The maximum Gasteiger partial charge on any atom is 0.0541 e. The summed E-state index contributed by atoms with van der Waals surface area (Å²) in [6, 6.07) is 67.4. The molecule has 1 aromatic heterocycles. The van der Waals surface area contributed by atoms with Crippen molar-refractivity contribution < 1.29 is 0 Å². The van der Waals surface area contributed by atoms with Gasteiger partial charge in [-0.2, -0.15) is 0 Å². The second-order valence-corrected chi connectivity index (χ2v) is 12.2. The summed E-state index contributed by atoms with van der Waals surface area (Å²) in [5.74, 6) is 0. The number of fused-ring (bicyclic) bond motifs is 4. The van der Waals surface area contributed by atoms with Crippen LogP contribution in [-0.4, -0.2) is 4.57 Å². The number of nitrogens with zero attached hydrogens (tertiary/aromatic N) is 1. The van der Waals surface area contributed by atoms with Crippen molar-refractivity contribution in [1.29, 1.82) is 0 Å². The molecule has 0 radical (unpaired) electrons. The first-order chi connectivity index (χ1) is 23.8. The Kier molecular flexibility index (Phi) is 6.84. The third-order valence-electron chi connectivity index (χ3n) is 9.40. The fraction of sp³-hybridized carbons (Fsp3) is 0. The van der Waals surface area contributed by atoms with Crippen LogP contribution in [0.4, 0.5) is 11.4 Å². The number of hydrogen-bond acceptors (Lipinski definition) is 1. The maximum absolute atomic E-state index is 3.80. The largest absolute Gasteiger partial charge is 0.355 e. The van der Waals surface area contributed by atoms with Gasteiger partial charge in [-0.1, -0.05) is 152 Å². The van der Waals surface area contributed by atoms with Crippen LogP contribution in [0.5, 0.6) is 0 Å².